The second-order valence-electron chi connectivity index (χ2n) is 8.73. The third kappa shape index (κ3) is 4.97. The van der Waals surface area contributed by atoms with Crippen LogP contribution >= 0.6 is 23.2 Å². The number of halogens is 2. The molecule has 1 unspecified atom stereocenters. The maximum absolute atomic E-state index is 13.6. The quantitative estimate of drug-likeness (QED) is 0.247. The minimum absolute atomic E-state index is 0.0863. The van der Waals surface area contributed by atoms with E-state index in [4.69, 9.17) is 33.0 Å². The maximum atomic E-state index is 13.6. The Morgan fingerprint density at radius 3 is 2.60 bits per heavy atom. The number of hydrogen-bond donors (Lipinski definition) is 0. The van der Waals surface area contributed by atoms with Crippen LogP contribution < -0.4 is 5.56 Å². The average molecular weight is 506 g/mol. The average Bonchev–Trinajstić information content (AvgIpc) is 3.35. The van der Waals surface area contributed by atoms with Crippen molar-refractivity contribution in [2.24, 2.45) is 5.16 Å². The van der Waals surface area contributed by atoms with E-state index >= 15 is 0 Å². The zero-order valence-electron chi connectivity index (χ0n) is 19.4. The van der Waals surface area contributed by atoms with Crippen molar-refractivity contribution in [1.29, 1.82) is 0 Å². The van der Waals surface area contributed by atoms with E-state index in [1.165, 1.54) is 0 Å². The zero-order valence-corrected chi connectivity index (χ0v) is 20.9. The SMILES string of the molecule is CCCCCc1nc2cc(C3=NOC(c4cccc(Cl)c4)C3)ccc2c(=O)n1-c1ccc(Cl)cc1. The van der Waals surface area contributed by atoms with E-state index in [-0.39, 0.29) is 11.7 Å². The second kappa shape index (κ2) is 10.2. The van der Waals surface area contributed by atoms with Crippen LogP contribution in [-0.2, 0) is 11.3 Å². The first-order valence-electron chi connectivity index (χ1n) is 11.8. The van der Waals surface area contributed by atoms with Gasteiger partial charge in [0.15, 0.2) is 6.10 Å². The molecule has 0 bridgehead atoms. The third-order valence-corrected chi connectivity index (χ3v) is 6.74. The fourth-order valence-corrected chi connectivity index (χ4v) is 4.73. The Balaban J connectivity index is 1.51. The Morgan fingerprint density at radius 1 is 1.00 bits per heavy atom. The van der Waals surface area contributed by atoms with Crippen LogP contribution in [0.1, 0.15) is 55.7 Å². The summed E-state index contributed by atoms with van der Waals surface area (Å²) in [5.74, 6) is 0.747. The largest absolute Gasteiger partial charge is 0.387 e. The molecule has 0 saturated heterocycles. The Kier molecular flexibility index (Phi) is 6.89. The molecule has 2 heterocycles. The van der Waals surface area contributed by atoms with Crippen molar-refractivity contribution in [3.63, 3.8) is 0 Å². The molecule has 5 nitrogen and oxygen atoms in total. The molecular weight excluding hydrogens is 481 g/mol. The van der Waals surface area contributed by atoms with Gasteiger partial charge in [0.1, 0.15) is 5.82 Å². The zero-order chi connectivity index (χ0) is 24.4. The molecule has 0 aliphatic carbocycles. The first kappa shape index (κ1) is 23.6. The van der Waals surface area contributed by atoms with Crippen LogP contribution in [0.15, 0.2) is 76.7 Å². The number of nitrogens with zero attached hydrogens (tertiary/aromatic N) is 3. The molecule has 0 fully saturated rings. The predicted octanol–water partition coefficient (Wildman–Crippen LogP) is 7.29. The van der Waals surface area contributed by atoms with Crippen LogP contribution in [0.4, 0.5) is 0 Å². The van der Waals surface area contributed by atoms with E-state index < -0.39 is 0 Å². The maximum Gasteiger partial charge on any atom is 0.265 e. The Morgan fingerprint density at radius 2 is 1.83 bits per heavy atom. The van der Waals surface area contributed by atoms with Gasteiger partial charge in [-0.2, -0.15) is 0 Å². The molecule has 1 aromatic heterocycles. The van der Waals surface area contributed by atoms with Crippen LogP contribution in [0.25, 0.3) is 16.6 Å². The highest BCUT2D eigenvalue weighted by atomic mass is 35.5. The van der Waals surface area contributed by atoms with Crippen molar-refractivity contribution in [3.05, 3.63) is 104 Å². The molecule has 1 aliphatic rings. The topological polar surface area (TPSA) is 56.5 Å². The van der Waals surface area contributed by atoms with E-state index in [0.29, 0.717) is 33.8 Å². The molecule has 0 saturated carbocycles. The lowest BCUT2D eigenvalue weighted by Gasteiger charge is -2.14. The normalized spacial score (nSPS) is 15.3. The summed E-state index contributed by atoms with van der Waals surface area (Å²) in [5.41, 5.74) is 4.06. The molecule has 0 N–H and O–H groups in total. The predicted molar refractivity (Wildman–Crippen MR) is 142 cm³/mol. The lowest BCUT2D eigenvalue weighted by Crippen LogP contribution is -2.24. The van der Waals surface area contributed by atoms with Gasteiger partial charge < -0.3 is 4.84 Å². The number of benzene rings is 3. The second-order valence-corrected chi connectivity index (χ2v) is 9.60. The van der Waals surface area contributed by atoms with E-state index in [1.807, 2.05) is 54.6 Å². The van der Waals surface area contributed by atoms with Crippen molar-refractivity contribution < 1.29 is 4.84 Å². The van der Waals surface area contributed by atoms with Crippen molar-refractivity contribution in [2.75, 3.05) is 0 Å². The van der Waals surface area contributed by atoms with Crippen molar-refractivity contribution >= 4 is 39.8 Å². The number of unbranched alkanes of at least 4 members (excludes halogenated alkanes) is 2. The van der Waals surface area contributed by atoms with Crippen molar-refractivity contribution in [3.8, 4) is 5.69 Å². The molecular formula is C28H25Cl2N3O2. The van der Waals surface area contributed by atoms with Crippen LogP contribution in [-0.4, -0.2) is 15.3 Å². The van der Waals surface area contributed by atoms with E-state index in [9.17, 15) is 4.79 Å². The van der Waals surface area contributed by atoms with Crippen LogP contribution in [0.5, 0.6) is 0 Å². The van der Waals surface area contributed by atoms with Crippen LogP contribution in [0, 0.1) is 0 Å². The first-order valence-corrected chi connectivity index (χ1v) is 12.6. The molecule has 5 rings (SSSR count). The Hall–Kier alpha value is -3.15. The summed E-state index contributed by atoms with van der Waals surface area (Å²) in [6.45, 7) is 2.16. The number of rotatable bonds is 7. The van der Waals surface area contributed by atoms with Gasteiger partial charge in [-0.15, -0.1) is 0 Å². The van der Waals surface area contributed by atoms with Gasteiger partial charge in [-0.1, -0.05) is 66.3 Å². The third-order valence-electron chi connectivity index (χ3n) is 6.25. The fourth-order valence-electron chi connectivity index (χ4n) is 4.40. The summed E-state index contributed by atoms with van der Waals surface area (Å²) in [6.07, 6.45) is 4.28. The van der Waals surface area contributed by atoms with Crippen LogP contribution in [0.2, 0.25) is 10.0 Å². The molecule has 35 heavy (non-hydrogen) atoms. The summed E-state index contributed by atoms with van der Waals surface area (Å²) in [4.78, 5) is 24.2. The lowest BCUT2D eigenvalue weighted by molar-refractivity contribution is 0.0857. The summed E-state index contributed by atoms with van der Waals surface area (Å²) >= 11 is 12.2. The van der Waals surface area contributed by atoms with E-state index in [2.05, 4.69) is 12.1 Å². The van der Waals surface area contributed by atoms with Gasteiger partial charge in [0.05, 0.1) is 22.3 Å². The summed E-state index contributed by atoms with van der Waals surface area (Å²) in [5, 5.41) is 6.19. The smallest absolute Gasteiger partial charge is 0.265 e. The lowest BCUT2D eigenvalue weighted by atomic mass is 9.99. The van der Waals surface area contributed by atoms with Gasteiger partial charge >= 0.3 is 0 Å². The molecule has 1 aliphatic heterocycles. The number of hydrogen-bond acceptors (Lipinski definition) is 4. The molecule has 4 aromatic rings. The molecule has 0 spiro atoms. The number of aromatic nitrogens is 2. The Bertz CT molecular complexity index is 1460. The summed E-state index contributed by atoms with van der Waals surface area (Å²) in [7, 11) is 0. The summed E-state index contributed by atoms with van der Waals surface area (Å²) in [6, 6.07) is 20.6. The Labute approximate surface area is 214 Å². The standard InChI is InChI=1S/C28H25Cl2N3O2/c1-2-3-4-8-27-31-25-16-18(24-17-26(35-32-24)19-6-5-7-21(30)15-19)9-14-23(25)28(34)33(27)22-12-10-20(29)11-13-22/h5-7,9-16,26H,2-4,8,17H2,1H3. The van der Waals surface area contributed by atoms with Gasteiger partial charge in [0.2, 0.25) is 0 Å². The van der Waals surface area contributed by atoms with Gasteiger partial charge in [-0.3, -0.25) is 9.36 Å². The van der Waals surface area contributed by atoms with Crippen LogP contribution in [0.3, 0.4) is 0 Å². The first-order chi connectivity index (χ1) is 17.0. The number of fused-ring (bicyclic) bond motifs is 1. The van der Waals surface area contributed by atoms with E-state index in [1.54, 1.807) is 16.7 Å². The monoisotopic (exact) mass is 505 g/mol. The highest BCUT2D eigenvalue weighted by molar-refractivity contribution is 6.30. The molecule has 7 heteroatoms. The van der Waals surface area contributed by atoms with E-state index in [0.717, 1.165) is 47.6 Å². The highest BCUT2D eigenvalue weighted by Gasteiger charge is 2.25. The minimum Gasteiger partial charge on any atom is -0.387 e. The number of oxime groups is 1. The molecule has 0 radical (unpaired) electrons. The van der Waals surface area contributed by atoms with Gasteiger partial charge in [0.25, 0.3) is 5.56 Å². The molecule has 0 amide bonds. The molecule has 1 atom stereocenters. The van der Waals surface area contributed by atoms with Gasteiger partial charge in [-0.25, -0.2) is 4.98 Å². The number of aryl methyl sites for hydroxylation is 1. The van der Waals surface area contributed by atoms with Crippen molar-refractivity contribution in [2.45, 2.75) is 45.1 Å². The molecule has 3 aromatic carbocycles. The highest BCUT2D eigenvalue weighted by Crippen LogP contribution is 2.31. The fraction of sp³-hybridized carbons (Fsp3) is 0.250. The van der Waals surface area contributed by atoms with Crippen molar-refractivity contribution in [1.82, 2.24) is 9.55 Å². The minimum atomic E-state index is -0.185. The van der Waals surface area contributed by atoms with Gasteiger partial charge in [0, 0.05) is 28.5 Å². The molecule has 178 valence electrons. The van der Waals surface area contributed by atoms with Gasteiger partial charge in [-0.05, 0) is 60.5 Å². The summed E-state index contributed by atoms with van der Waals surface area (Å²) < 4.78 is 1.71.